The molecule has 0 aromatic carbocycles. The number of nitrogens with zero attached hydrogens (tertiary/aromatic N) is 2. The zero-order valence-electron chi connectivity index (χ0n) is 9.42. The molecule has 3 aromatic rings. The van der Waals surface area contributed by atoms with Crippen molar-refractivity contribution in [1.29, 1.82) is 0 Å². The zero-order chi connectivity index (χ0) is 11.8. The maximum atomic E-state index is 9.52. The molecular weight excluding hydrogens is 232 g/mol. The Morgan fingerprint density at radius 3 is 3.00 bits per heavy atom. The molecule has 86 valence electrons. The highest BCUT2D eigenvalue weighted by atomic mass is 32.1. The second kappa shape index (κ2) is 3.98. The summed E-state index contributed by atoms with van der Waals surface area (Å²) in [6.45, 7) is 2.04. The van der Waals surface area contributed by atoms with Crippen LogP contribution in [0, 0.1) is 6.92 Å². The summed E-state index contributed by atoms with van der Waals surface area (Å²) >= 11 is 1.64. The minimum absolute atomic E-state index is 0.00252. The summed E-state index contributed by atoms with van der Waals surface area (Å²) in [6.07, 6.45) is 1.96. The molecule has 0 atom stereocenters. The quantitative estimate of drug-likeness (QED) is 0.752. The van der Waals surface area contributed by atoms with E-state index in [-0.39, 0.29) is 6.61 Å². The van der Waals surface area contributed by atoms with Gasteiger partial charge < -0.3 is 9.51 Å². The van der Waals surface area contributed by atoms with Gasteiger partial charge in [-0.05, 0) is 36.1 Å². The monoisotopic (exact) mass is 244 g/mol. The molecule has 17 heavy (non-hydrogen) atoms. The fraction of sp³-hybridized carbons (Fsp3) is 0.154. The van der Waals surface area contributed by atoms with E-state index in [9.17, 15) is 5.11 Å². The number of hydrogen-bond acceptors (Lipinski definition) is 3. The summed E-state index contributed by atoms with van der Waals surface area (Å²) < 4.78 is 1.95. The molecule has 0 saturated heterocycles. The van der Waals surface area contributed by atoms with Crippen LogP contribution in [0.4, 0.5) is 0 Å². The van der Waals surface area contributed by atoms with Crippen molar-refractivity contribution in [3.8, 4) is 10.6 Å². The largest absolute Gasteiger partial charge is 0.390 e. The lowest BCUT2D eigenvalue weighted by Crippen LogP contribution is -1.93. The number of pyridine rings is 1. The molecule has 0 amide bonds. The number of aryl methyl sites for hydroxylation is 1. The lowest BCUT2D eigenvalue weighted by atomic mass is 10.3. The highest BCUT2D eigenvalue weighted by Crippen LogP contribution is 2.28. The van der Waals surface area contributed by atoms with Gasteiger partial charge in [0.05, 0.1) is 17.2 Å². The van der Waals surface area contributed by atoms with Crippen LogP contribution >= 0.6 is 11.3 Å². The third-order valence-electron chi connectivity index (χ3n) is 2.78. The van der Waals surface area contributed by atoms with Crippen LogP contribution in [0.25, 0.3) is 16.2 Å². The van der Waals surface area contributed by atoms with Crippen molar-refractivity contribution in [3.05, 3.63) is 47.1 Å². The Morgan fingerprint density at radius 1 is 1.41 bits per heavy atom. The number of fused-ring (bicyclic) bond motifs is 1. The minimum Gasteiger partial charge on any atom is -0.390 e. The molecule has 0 aliphatic rings. The Bertz CT molecular complexity index is 655. The summed E-state index contributed by atoms with van der Waals surface area (Å²) in [7, 11) is 0. The predicted octanol–water partition coefficient (Wildman–Crippen LogP) is 2.86. The second-order valence-electron chi connectivity index (χ2n) is 3.97. The van der Waals surface area contributed by atoms with Crippen LogP contribution in [0.3, 0.4) is 0 Å². The fourth-order valence-electron chi connectivity index (χ4n) is 1.96. The molecule has 0 aliphatic carbocycles. The number of aliphatic hydroxyl groups is 1. The van der Waals surface area contributed by atoms with Gasteiger partial charge in [0.25, 0.3) is 0 Å². The maximum Gasteiger partial charge on any atom is 0.138 e. The van der Waals surface area contributed by atoms with Crippen molar-refractivity contribution in [1.82, 2.24) is 9.38 Å². The summed E-state index contributed by atoms with van der Waals surface area (Å²) in [6, 6.07) is 8.07. The standard InChI is InChI=1S/C13H12N2OS/c1-9-4-5-15-10(8-16)13(14-12(15)7-9)11-3-2-6-17-11/h2-7,16H,8H2,1H3. The molecule has 0 bridgehead atoms. The average molecular weight is 244 g/mol. The van der Waals surface area contributed by atoms with Gasteiger partial charge in [0, 0.05) is 6.20 Å². The van der Waals surface area contributed by atoms with Gasteiger partial charge in [0.2, 0.25) is 0 Å². The van der Waals surface area contributed by atoms with Crippen LogP contribution < -0.4 is 0 Å². The molecule has 0 fully saturated rings. The molecule has 3 nitrogen and oxygen atoms in total. The van der Waals surface area contributed by atoms with Gasteiger partial charge in [-0.3, -0.25) is 0 Å². The normalized spacial score (nSPS) is 11.2. The Morgan fingerprint density at radius 2 is 2.29 bits per heavy atom. The van der Waals surface area contributed by atoms with E-state index in [1.54, 1.807) is 11.3 Å². The summed E-state index contributed by atoms with van der Waals surface area (Å²) in [5.74, 6) is 0. The van der Waals surface area contributed by atoms with E-state index in [0.717, 1.165) is 21.9 Å². The summed E-state index contributed by atoms with van der Waals surface area (Å²) in [5.41, 5.74) is 3.79. The van der Waals surface area contributed by atoms with Crippen LogP contribution in [0.5, 0.6) is 0 Å². The van der Waals surface area contributed by atoms with Gasteiger partial charge in [-0.25, -0.2) is 4.98 Å². The van der Waals surface area contributed by atoms with E-state index in [1.165, 1.54) is 5.56 Å². The molecule has 3 rings (SSSR count). The Hall–Kier alpha value is -1.65. The van der Waals surface area contributed by atoms with Gasteiger partial charge in [0.15, 0.2) is 0 Å². The SMILES string of the molecule is Cc1ccn2c(CO)c(-c3cccs3)nc2c1. The molecule has 0 aliphatic heterocycles. The lowest BCUT2D eigenvalue weighted by molar-refractivity contribution is 0.276. The highest BCUT2D eigenvalue weighted by molar-refractivity contribution is 7.13. The number of thiophene rings is 1. The number of aromatic nitrogens is 2. The number of aliphatic hydroxyl groups excluding tert-OH is 1. The van der Waals surface area contributed by atoms with Crippen molar-refractivity contribution >= 4 is 17.0 Å². The molecule has 4 heteroatoms. The van der Waals surface area contributed by atoms with Gasteiger partial charge >= 0.3 is 0 Å². The average Bonchev–Trinajstić information content (AvgIpc) is 2.94. The highest BCUT2D eigenvalue weighted by Gasteiger charge is 2.13. The van der Waals surface area contributed by atoms with E-state index >= 15 is 0 Å². The van der Waals surface area contributed by atoms with Crippen molar-refractivity contribution in [3.63, 3.8) is 0 Å². The van der Waals surface area contributed by atoms with E-state index in [0.29, 0.717) is 0 Å². The molecule has 0 saturated carbocycles. The maximum absolute atomic E-state index is 9.52. The van der Waals surface area contributed by atoms with Gasteiger partial charge in [0.1, 0.15) is 11.3 Å². The van der Waals surface area contributed by atoms with E-state index in [4.69, 9.17) is 0 Å². The van der Waals surface area contributed by atoms with Crippen LogP contribution in [0.1, 0.15) is 11.3 Å². The molecule has 0 radical (unpaired) electrons. The Balaban J connectivity index is 2.31. The van der Waals surface area contributed by atoms with Crippen LogP contribution in [-0.4, -0.2) is 14.5 Å². The molecule has 1 N–H and O–H groups in total. The molecule has 3 aromatic heterocycles. The molecule has 0 unspecified atom stereocenters. The molecular formula is C13H12N2OS. The predicted molar refractivity (Wildman–Crippen MR) is 69.2 cm³/mol. The molecule has 0 spiro atoms. The van der Waals surface area contributed by atoms with Crippen LogP contribution in [0.2, 0.25) is 0 Å². The van der Waals surface area contributed by atoms with E-state index in [1.807, 2.05) is 47.2 Å². The van der Waals surface area contributed by atoms with Crippen molar-refractivity contribution in [2.24, 2.45) is 0 Å². The minimum atomic E-state index is -0.00252. The van der Waals surface area contributed by atoms with Crippen molar-refractivity contribution < 1.29 is 5.11 Å². The number of hydrogen-bond donors (Lipinski definition) is 1. The zero-order valence-corrected chi connectivity index (χ0v) is 10.2. The fourth-order valence-corrected chi connectivity index (χ4v) is 2.69. The number of rotatable bonds is 2. The lowest BCUT2D eigenvalue weighted by Gasteiger charge is -2.00. The van der Waals surface area contributed by atoms with Crippen molar-refractivity contribution in [2.75, 3.05) is 0 Å². The third kappa shape index (κ3) is 1.66. The first-order chi connectivity index (χ1) is 8.29. The second-order valence-corrected chi connectivity index (χ2v) is 4.92. The first kappa shape index (κ1) is 10.5. The van der Waals surface area contributed by atoms with Crippen LogP contribution in [0.15, 0.2) is 35.8 Å². The summed E-state index contributed by atoms with van der Waals surface area (Å²) in [5, 5.41) is 11.5. The smallest absolute Gasteiger partial charge is 0.138 e. The Labute approximate surface area is 103 Å². The first-order valence-electron chi connectivity index (χ1n) is 5.42. The molecule has 3 heterocycles. The van der Waals surface area contributed by atoms with E-state index < -0.39 is 0 Å². The van der Waals surface area contributed by atoms with E-state index in [2.05, 4.69) is 4.98 Å². The first-order valence-corrected chi connectivity index (χ1v) is 6.30. The summed E-state index contributed by atoms with van der Waals surface area (Å²) in [4.78, 5) is 5.69. The van der Waals surface area contributed by atoms with Gasteiger partial charge in [-0.15, -0.1) is 11.3 Å². The van der Waals surface area contributed by atoms with Gasteiger partial charge in [-0.2, -0.15) is 0 Å². The Kier molecular flexibility index (Phi) is 2.46. The topological polar surface area (TPSA) is 37.5 Å². The van der Waals surface area contributed by atoms with Gasteiger partial charge in [-0.1, -0.05) is 6.07 Å². The van der Waals surface area contributed by atoms with Crippen LogP contribution in [-0.2, 0) is 6.61 Å². The van der Waals surface area contributed by atoms with Crippen molar-refractivity contribution in [2.45, 2.75) is 13.5 Å². The number of imidazole rings is 1. The third-order valence-corrected chi connectivity index (χ3v) is 3.66.